The van der Waals surface area contributed by atoms with E-state index in [0.717, 1.165) is 18.8 Å². The van der Waals surface area contributed by atoms with E-state index in [1.54, 1.807) is 0 Å². The van der Waals surface area contributed by atoms with Crippen LogP contribution >= 0.6 is 0 Å². The third-order valence-corrected chi connectivity index (χ3v) is 2.33. The third kappa shape index (κ3) is 4.26. The zero-order valence-corrected chi connectivity index (χ0v) is 10.1. The summed E-state index contributed by atoms with van der Waals surface area (Å²) in [5, 5.41) is 0. The van der Waals surface area contributed by atoms with Crippen LogP contribution in [0.15, 0.2) is 29.3 Å². The van der Waals surface area contributed by atoms with Crippen molar-refractivity contribution in [3.05, 3.63) is 35.4 Å². The molecule has 0 saturated heterocycles. The average Bonchev–Trinajstić information content (AvgIpc) is 2.17. The second-order valence-electron chi connectivity index (χ2n) is 4.14. The van der Waals surface area contributed by atoms with Gasteiger partial charge in [-0.3, -0.25) is 4.99 Å². The van der Waals surface area contributed by atoms with Crippen LogP contribution in [-0.2, 0) is 0 Å². The van der Waals surface area contributed by atoms with E-state index in [1.807, 2.05) is 0 Å². The summed E-state index contributed by atoms with van der Waals surface area (Å²) >= 11 is 0. The fraction of sp³-hybridized carbons (Fsp3) is 0.462. The number of likely N-dealkylation sites (N-methyl/N-ethyl adjacent to an activating group) is 1. The Morgan fingerprint density at radius 1 is 1.33 bits per heavy atom. The van der Waals surface area contributed by atoms with E-state index in [4.69, 9.17) is 0 Å². The van der Waals surface area contributed by atoms with Crippen molar-refractivity contribution >= 4 is 5.71 Å². The van der Waals surface area contributed by atoms with Gasteiger partial charge in [0.15, 0.2) is 0 Å². The molecule has 1 rings (SSSR count). The van der Waals surface area contributed by atoms with E-state index in [2.05, 4.69) is 62.1 Å². The van der Waals surface area contributed by atoms with Gasteiger partial charge in [0.1, 0.15) is 0 Å². The monoisotopic (exact) mass is 204 g/mol. The first-order valence-corrected chi connectivity index (χ1v) is 5.32. The Morgan fingerprint density at radius 2 is 2.07 bits per heavy atom. The molecule has 0 amide bonds. The SMILES string of the molecule is CC(=NCCN(C)C)c1cccc(C)c1. The molecule has 0 heterocycles. The molecule has 0 bridgehead atoms. The minimum atomic E-state index is 0.868. The van der Waals surface area contributed by atoms with Crippen LogP contribution in [0.25, 0.3) is 0 Å². The summed E-state index contributed by atoms with van der Waals surface area (Å²) in [7, 11) is 4.13. The number of hydrogen-bond donors (Lipinski definition) is 0. The lowest BCUT2D eigenvalue weighted by atomic mass is 10.1. The van der Waals surface area contributed by atoms with Gasteiger partial charge >= 0.3 is 0 Å². The molecule has 0 aliphatic carbocycles. The van der Waals surface area contributed by atoms with Crippen molar-refractivity contribution in [2.75, 3.05) is 27.2 Å². The Hall–Kier alpha value is -1.15. The molecule has 0 aliphatic rings. The van der Waals surface area contributed by atoms with Gasteiger partial charge in [-0.1, -0.05) is 29.8 Å². The first-order chi connectivity index (χ1) is 7.09. The van der Waals surface area contributed by atoms with Crippen molar-refractivity contribution in [2.24, 2.45) is 4.99 Å². The molecule has 0 N–H and O–H groups in total. The van der Waals surface area contributed by atoms with Crippen LogP contribution in [0.1, 0.15) is 18.1 Å². The van der Waals surface area contributed by atoms with Gasteiger partial charge in [0.25, 0.3) is 0 Å². The van der Waals surface area contributed by atoms with Crippen molar-refractivity contribution in [3.8, 4) is 0 Å². The first-order valence-electron chi connectivity index (χ1n) is 5.32. The van der Waals surface area contributed by atoms with E-state index in [9.17, 15) is 0 Å². The quantitative estimate of drug-likeness (QED) is 0.687. The van der Waals surface area contributed by atoms with Gasteiger partial charge in [-0.05, 0) is 33.5 Å². The van der Waals surface area contributed by atoms with Crippen molar-refractivity contribution < 1.29 is 0 Å². The number of rotatable bonds is 4. The second-order valence-corrected chi connectivity index (χ2v) is 4.14. The summed E-state index contributed by atoms with van der Waals surface area (Å²) in [5.41, 5.74) is 3.64. The number of nitrogens with zero attached hydrogens (tertiary/aromatic N) is 2. The van der Waals surface area contributed by atoms with Gasteiger partial charge in [0.05, 0.1) is 6.54 Å². The first kappa shape index (κ1) is 11.9. The van der Waals surface area contributed by atoms with Crippen molar-refractivity contribution in [2.45, 2.75) is 13.8 Å². The molecular weight excluding hydrogens is 184 g/mol. The summed E-state index contributed by atoms with van der Waals surface area (Å²) in [6.07, 6.45) is 0. The molecule has 2 nitrogen and oxygen atoms in total. The summed E-state index contributed by atoms with van der Waals surface area (Å²) in [4.78, 5) is 6.70. The van der Waals surface area contributed by atoms with Gasteiger partial charge in [0, 0.05) is 12.3 Å². The Labute approximate surface area is 92.6 Å². The molecule has 82 valence electrons. The molecule has 0 aliphatic heterocycles. The normalized spacial score (nSPS) is 12.2. The van der Waals surface area contributed by atoms with Crippen molar-refractivity contribution in [1.29, 1.82) is 0 Å². The highest BCUT2D eigenvalue weighted by atomic mass is 15.1. The summed E-state index contributed by atoms with van der Waals surface area (Å²) in [6, 6.07) is 8.47. The van der Waals surface area contributed by atoms with Gasteiger partial charge in [-0.25, -0.2) is 0 Å². The van der Waals surface area contributed by atoms with Crippen LogP contribution in [0.4, 0.5) is 0 Å². The van der Waals surface area contributed by atoms with Crippen LogP contribution in [0.2, 0.25) is 0 Å². The zero-order valence-electron chi connectivity index (χ0n) is 10.1. The fourth-order valence-corrected chi connectivity index (χ4v) is 1.38. The molecule has 0 spiro atoms. The van der Waals surface area contributed by atoms with Crippen molar-refractivity contribution in [1.82, 2.24) is 4.90 Å². The van der Waals surface area contributed by atoms with Gasteiger partial charge in [0.2, 0.25) is 0 Å². The molecule has 0 atom stereocenters. The zero-order chi connectivity index (χ0) is 11.3. The van der Waals surface area contributed by atoms with Gasteiger partial charge in [-0.2, -0.15) is 0 Å². The van der Waals surface area contributed by atoms with E-state index in [1.165, 1.54) is 11.1 Å². The maximum Gasteiger partial charge on any atom is 0.0519 e. The highest BCUT2D eigenvalue weighted by Gasteiger charge is 1.96. The molecule has 1 aromatic carbocycles. The maximum atomic E-state index is 4.55. The smallest absolute Gasteiger partial charge is 0.0519 e. The Bertz CT molecular complexity index is 340. The lowest BCUT2D eigenvalue weighted by Crippen LogP contribution is -2.16. The van der Waals surface area contributed by atoms with Gasteiger partial charge in [-0.15, -0.1) is 0 Å². The molecule has 2 heteroatoms. The number of aliphatic imine (C=N–C) groups is 1. The van der Waals surface area contributed by atoms with E-state index < -0.39 is 0 Å². The molecular formula is C13H20N2. The Balaban J connectivity index is 2.63. The maximum absolute atomic E-state index is 4.55. The predicted octanol–water partition coefficient (Wildman–Crippen LogP) is 2.37. The molecule has 0 radical (unpaired) electrons. The van der Waals surface area contributed by atoms with Crippen LogP contribution < -0.4 is 0 Å². The Morgan fingerprint density at radius 3 is 2.67 bits per heavy atom. The number of benzene rings is 1. The third-order valence-electron chi connectivity index (χ3n) is 2.33. The van der Waals surface area contributed by atoms with Crippen molar-refractivity contribution in [3.63, 3.8) is 0 Å². The molecule has 0 fully saturated rings. The molecule has 0 aromatic heterocycles. The highest BCUT2D eigenvalue weighted by molar-refractivity contribution is 5.98. The molecule has 0 saturated carbocycles. The van der Waals surface area contributed by atoms with Crippen LogP contribution in [0.5, 0.6) is 0 Å². The van der Waals surface area contributed by atoms with E-state index in [0.29, 0.717) is 0 Å². The number of hydrogen-bond acceptors (Lipinski definition) is 2. The summed E-state index contributed by atoms with van der Waals surface area (Å²) in [5.74, 6) is 0. The van der Waals surface area contributed by atoms with Crippen LogP contribution in [0, 0.1) is 6.92 Å². The standard InChI is InChI=1S/C13H20N2/c1-11-6-5-7-13(10-11)12(2)14-8-9-15(3)4/h5-7,10H,8-9H2,1-4H3. The van der Waals surface area contributed by atoms with E-state index in [-0.39, 0.29) is 0 Å². The minimum absolute atomic E-state index is 0.868. The highest BCUT2D eigenvalue weighted by Crippen LogP contribution is 2.05. The lowest BCUT2D eigenvalue weighted by molar-refractivity contribution is 0.420. The van der Waals surface area contributed by atoms with Crippen LogP contribution in [0.3, 0.4) is 0 Å². The fourth-order valence-electron chi connectivity index (χ4n) is 1.38. The van der Waals surface area contributed by atoms with Crippen LogP contribution in [-0.4, -0.2) is 37.8 Å². The average molecular weight is 204 g/mol. The minimum Gasteiger partial charge on any atom is -0.308 e. The topological polar surface area (TPSA) is 15.6 Å². The molecule has 15 heavy (non-hydrogen) atoms. The summed E-state index contributed by atoms with van der Waals surface area (Å²) in [6.45, 7) is 6.05. The largest absolute Gasteiger partial charge is 0.308 e. The Kier molecular flexibility index (Phi) is 4.50. The lowest BCUT2D eigenvalue weighted by Gasteiger charge is -2.07. The van der Waals surface area contributed by atoms with E-state index >= 15 is 0 Å². The van der Waals surface area contributed by atoms with Gasteiger partial charge < -0.3 is 4.90 Å². The molecule has 0 unspecified atom stereocenters. The molecule has 1 aromatic rings. The summed E-state index contributed by atoms with van der Waals surface area (Å²) < 4.78 is 0. The number of aryl methyl sites for hydroxylation is 1. The predicted molar refractivity (Wildman–Crippen MR) is 66.8 cm³/mol. The second kappa shape index (κ2) is 5.66.